The van der Waals surface area contributed by atoms with Crippen molar-refractivity contribution in [2.75, 3.05) is 13.1 Å². The summed E-state index contributed by atoms with van der Waals surface area (Å²) in [6, 6.07) is -0.280. The van der Waals surface area contributed by atoms with Gasteiger partial charge < -0.3 is 10.2 Å². The molecule has 1 aliphatic heterocycles. The van der Waals surface area contributed by atoms with Crippen molar-refractivity contribution in [3.63, 3.8) is 0 Å². The largest absolute Gasteiger partial charge is 0.347 e. The number of hydrogen-bond acceptors (Lipinski definition) is 3. The lowest BCUT2D eigenvalue weighted by atomic mass is 10.1. The molecule has 0 aromatic heterocycles. The van der Waals surface area contributed by atoms with Crippen molar-refractivity contribution in [2.45, 2.75) is 65.8 Å². The zero-order chi connectivity index (χ0) is 19.8. The van der Waals surface area contributed by atoms with Gasteiger partial charge in [-0.3, -0.25) is 14.4 Å². The second-order valence-electron chi connectivity index (χ2n) is 5.69. The number of carbonyl (C=O) groups excluding carboxylic acids is 3. The molecular weight excluding hydrogens is 316 g/mol. The van der Waals surface area contributed by atoms with Crippen molar-refractivity contribution < 1.29 is 15.8 Å². The number of rotatable bonds is 5. The Balaban J connectivity index is -0.000000585. The molecule has 146 valence electrons. The number of amides is 2. The Morgan fingerprint density at radius 1 is 1.20 bits per heavy atom. The molecule has 1 aliphatic carbocycles. The highest BCUT2D eigenvalue weighted by Crippen LogP contribution is 2.32. The van der Waals surface area contributed by atoms with Gasteiger partial charge >= 0.3 is 0 Å². The first-order valence-corrected chi connectivity index (χ1v) is 9.13. The number of likely N-dealkylation sites (tertiary alicyclic amines) is 1. The van der Waals surface area contributed by atoms with E-state index in [0.29, 0.717) is 18.9 Å². The Morgan fingerprint density at radius 2 is 1.72 bits per heavy atom. The van der Waals surface area contributed by atoms with Gasteiger partial charge in [0.15, 0.2) is 5.78 Å². The molecule has 0 aromatic rings. The molecular formula is C20H38N2O3. The molecule has 5 heteroatoms. The second kappa shape index (κ2) is 15.6. The van der Waals surface area contributed by atoms with E-state index in [0.717, 1.165) is 25.7 Å². The van der Waals surface area contributed by atoms with Crippen LogP contribution in [-0.2, 0) is 14.4 Å². The Morgan fingerprint density at radius 3 is 2.16 bits per heavy atom. The normalized spacial score (nSPS) is 17.4. The van der Waals surface area contributed by atoms with Gasteiger partial charge in [-0.1, -0.05) is 19.9 Å². The minimum Gasteiger partial charge on any atom is -0.347 e. The van der Waals surface area contributed by atoms with Crippen LogP contribution in [0.15, 0.2) is 25.8 Å². The number of Topliss-reactive ketones (excluding diaryl/α,β-unsaturated/α-hetero) is 1. The fraction of sp³-hybridized carbons (Fsp3) is 0.650. The van der Waals surface area contributed by atoms with E-state index in [1.54, 1.807) is 11.0 Å². The number of carbonyl (C=O) groups is 3. The van der Waals surface area contributed by atoms with Crippen molar-refractivity contribution in [3.05, 3.63) is 25.8 Å². The number of hydrogen-bond donors (Lipinski definition) is 1. The van der Waals surface area contributed by atoms with Crippen LogP contribution in [-0.4, -0.2) is 41.6 Å². The van der Waals surface area contributed by atoms with Crippen molar-refractivity contribution in [3.8, 4) is 0 Å². The summed E-state index contributed by atoms with van der Waals surface area (Å²) in [5, 5.41) is 2.65. The maximum absolute atomic E-state index is 11.9. The summed E-state index contributed by atoms with van der Waals surface area (Å²) in [5.74, 6) is 0.364. The standard InChI is InChI=1S/C13H20N2O3.C3H6.C2H6.C2H4.H2/c1-9(16)11-3-2-6-15(11)13(18)8-14-12(17)7-10-4-5-10;1-3-2;2*1-2;/h10-11H,2-8H2,1H3,(H,14,17);3H,1H2,2H3;1-2H3;1-2H2;1H/t11-;;;;/m0..../s1. The molecule has 0 unspecified atom stereocenters. The summed E-state index contributed by atoms with van der Waals surface area (Å²) < 4.78 is 0. The molecule has 1 saturated heterocycles. The van der Waals surface area contributed by atoms with Crippen LogP contribution in [0.2, 0.25) is 0 Å². The first kappa shape index (κ1) is 25.3. The topological polar surface area (TPSA) is 66.5 Å². The van der Waals surface area contributed by atoms with Crippen LogP contribution in [0.5, 0.6) is 0 Å². The highest BCUT2D eigenvalue weighted by molar-refractivity contribution is 5.90. The van der Waals surface area contributed by atoms with E-state index < -0.39 is 0 Å². The predicted octanol–water partition coefficient (Wildman–Crippen LogP) is 3.75. The SMILES string of the molecule is C=C.C=CC.CC.CC(=O)[C@@H]1CCCN1C(=O)CNC(=O)CC1CC1.[HH]. The van der Waals surface area contributed by atoms with Crippen LogP contribution in [0.1, 0.15) is 61.2 Å². The molecule has 2 amide bonds. The van der Waals surface area contributed by atoms with E-state index in [2.05, 4.69) is 25.1 Å². The lowest BCUT2D eigenvalue weighted by Crippen LogP contribution is -2.45. The third-order valence-electron chi connectivity index (χ3n) is 3.65. The Kier molecular flexibility index (Phi) is 15.8. The summed E-state index contributed by atoms with van der Waals surface area (Å²) in [4.78, 5) is 36.4. The molecule has 2 fully saturated rings. The number of nitrogens with zero attached hydrogens (tertiary/aromatic N) is 1. The Labute approximate surface area is 155 Å². The van der Waals surface area contributed by atoms with Crippen LogP contribution in [0, 0.1) is 5.92 Å². The van der Waals surface area contributed by atoms with Crippen LogP contribution < -0.4 is 5.32 Å². The fourth-order valence-corrected chi connectivity index (χ4v) is 2.42. The number of allylic oxidation sites excluding steroid dienone is 1. The van der Waals surface area contributed by atoms with E-state index in [1.165, 1.54) is 6.92 Å². The molecule has 1 saturated carbocycles. The third-order valence-corrected chi connectivity index (χ3v) is 3.65. The van der Waals surface area contributed by atoms with Crippen molar-refractivity contribution in [2.24, 2.45) is 5.92 Å². The summed E-state index contributed by atoms with van der Waals surface area (Å²) >= 11 is 0. The molecule has 0 aromatic carbocycles. The van der Waals surface area contributed by atoms with Gasteiger partial charge in [-0.2, -0.15) is 0 Å². The van der Waals surface area contributed by atoms with Gasteiger partial charge in [0.05, 0.1) is 12.6 Å². The van der Waals surface area contributed by atoms with Crippen LogP contribution in [0.3, 0.4) is 0 Å². The Hall–Kier alpha value is -1.91. The van der Waals surface area contributed by atoms with E-state index in [-0.39, 0.29) is 31.6 Å². The lowest BCUT2D eigenvalue weighted by molar-refractivity contribution is -0.137. The van der Waals surface area contributed by atoms with Crippen molar-refractivity contribution in [1.82, 2.24) is 10.2 Å². The highest BCUT2D eigenvalue weighted by Gasteiger charge is 2.32. The van der Waals surface area contributed by atoms with Gasteiger partial charge in [-0.05, 0) is 45.4 Å². The van der Waals surface area contributed by atoms with Crippen molar-refractivity contribution >= 4 is 17.6 Å². The molecule has 0 bridgehead atoms. The predicted molar refractivity (Wildman–Crippen MR) is 106 cm³/mol. The summed E-state index contributed by atoms with van der Waals surface area (Å²) in [5.41, 5.74) is 0. The van der Waals surface area contributed by atoms with Crippen LogP contribution in [0.4, 0.5) is 0 Å². The average molecular weight is 355 g/mol. The molecule has 2 aliphatic rings. The van der Waals surface area contributed by atoms with Crippen LogP contribution >= 0.6 is 0 Å². The molecule has 2 rings (SSSR count). The molecule has 0 radical (unpaired) electrons. The highest BCUT2D eigenvalue weighted by atomic mass is 16.2. The van der Waals surface area contributed by atoms with Gasteiger partial charge in [0.1, 0.15) is 0 Å². The smallest absolute Gasteiger partial charge is 0.242 e. The second-order valence-corrected chi connectivity index (χ2v) is 5.69. The quantitative estimate of drug-likeness (QED) is 0.765. The average Bonchev–Trinajstić information content (AvgIpc) is 3.28. The maximum atomic E-state index is 11.9. The van der Waals surface area contributed by atoms with Gasteiger partial charge in [-0.25, -0.2) is 0 Å². The van der Waals surface area contributed by atoms with Gasteiger partial charge in [0.2, 0.25) is 11.8 Å². The number of nitrogens with one attached hydrogen (secondary N) is 1. The Bertz CT molecular complexity index is 423. The minimum atomic E-state index is -0.280. The van der Waals surface area contributed by atoms with E-state index in [9.17, 15) is 14.4 Å². The molecule has 0 spiro atoms. The zero-order valence-corrected chi connectivity index (χ0v) is 16.5. The molecule has 1 N–H and O–H groups in total. The van der Waals surface area contributed by atoms with E-state index >= 15 is 0 Å². The van der Waals surface area contributed by atoms with Gasteiger partial charge in [0, 0.05) is 14.4 Å². The van der Waals surface area contributed by atoms with Crippen LogP contribution in [0.25, 0.3) is 0 Å². The summed E-state index contributed by atoms with van der Waals surface area (Å²) in [6.07, 6.45) is 6.15. The molecule has 5 nitrogen and oxygen atoms in total. The summed E-state index contributed by atoms with van der Waals surface area (Å²) in [6.45, 7) is 17.4. The molecule has 25 heavy (non-hydrogen) atoms. The monoisotopic (exact) mass is 354 g/mol. The van der Waals surface area contributed by atoms with E-state index in [1.807, 2.05) is 20.8 Å². The summed E-state index contributed by atoms with van der Waals surface area (Å²) in [7, 11) is 0. The van der Waals surface area contributed by atoms with Gasteiger partial charge in [0.25, 0.3) is 0 Å². The lowest BCUT2D eigenvalue weighted by Gasteiger charge is -2.22. The fourth-order valence-electron chi connectivity index (χ4n) is 2.42. The minimum absolute atomic E-state index is 0. The first-order valence-electron chi connectivity index (χ1n) is 9.13. The first-order chi connectivity index (χ1) is 12.0. The maximum Gasteiger partial charge on any atom is 0.242 e. The third kappa shape index (κ3) is 11.3. The van der Waals surface area contributed by atoms with Crippen molar-refractivity contribution in [1.29, 1.82) is 0 Å². The molecule has 1 atom stereocenters. The zero-order valence-electron chi connectivity index (χ0n) is 16.5. The van der Waals surface area contributed by atoms with Gasteiger partial charge in [-0.15, -0.1) is 19.7 Å². The number of ketones is 1. The van der Waals surface area contributed by atoms with E-state index in [4.69, 9.17) is 0 Å². The molecule has 1 heterocycles.